The molecule has 0 aliphatic heterocycles. The first-order chi connectivity index (χ1) is 7.66. The van der Waals surface area contributed by atoms with Gasteiger partial charge in [0, 0.05) is 10.7 Å². The van der Waals surface area contributed by atoms with Crippen molar-refractivity contribution in [3.63, 3.8) is 0 Å². The Morgan fingerprint density at radius 3 is 2.88 bits per heavy atom. The molecule has 5 heteroatoms. The van der Waals surface area contributed by atoms with Crippen molar-refractivity contribution >= 4 is 33.4 Å². The van der Waals surface area contributed by atoms with Crippen molar-refractivity contribution in [1.29, 1.82) is 0 Å². The van der Waals surface area contributed by atoms with Gasteiger partial charge >= 0.3 is 0 Å². The van der Waals surface area contributed by atoms with Gasteiger partial charge in [-0.05, 0) is 40.5 Å². The molecule has 2 aromatic rings. The third kappa shape index (κ3) is 2.30. The van der Waals surface area contributed by atoms with Crippen molar-refractivity contribution in [1.82, 2.24) is 9.97 Å². The Labute approximate surface area is 102 Å². The molecule has 0 aliphatic rings. The lowest BCUT2D eigenvalue weighted by atomic mass is 10.2. The lowest BCUT2D eigenvalue weighted by Gasteiger charge is -2.08. The molecule has 0 aliphatic carbocycles. The van der Waals surface area contributed by atoms with Gasteiger partial charge in [-0.3, -0.25) is 0 Å². The van der Waals surface area contributed by atoms with Gasteiger partial charge in [-0.25, -0.2) is 4.98 Å². The van der Waals surface area contributed by atoms with E-state index in [1.54, 1.807) is 12.3 Å². The highest BCUT2D eigenvalue weighted by Gasteiger charge is 2.03. The molecule has 2 rings (SSSR count). The summed E-state index contributed by atoms with van der Waals surface area (Å²) in [4.78, 5) is 8.16. The number of hydrogen-bond acceptors (Lipinski definition) is 4. The maximum Gasteiger partial charge on any atom is 0.229 e. The van der Waals surface area contributed by atoms with Gasteiger partial charge in [0.15, 0.2) is 0 Å². The second-order valence-corrected chi connectivity index (χ2v) is 4.16. The molecule has 82 valence electrons. The molecular formula is C11H11BrN4. The summed E-state index contributed by atoms with van der Waals surface area (Å²) in [6.07, 6.45) is 1.62. The minimum absolute atomic E-state index is 0.446. The Bertz CT molecular complexity index is 513. The topological polar surface area (TPSA) is 63.8 Å². The maximum atomic E-state index is 5.58. The van der Waals surface area contributed by atoms with Crippen LogP contribution in [0, 0.1) is 6.92 Å². The summed E-state index contributed by atoms with van der Waals surface area (Å²) in [5.74, 6) is 0.938. The molecule has 0 saturated heterocycles. The summed E-state index contributed by atoms with van der Waals surface area (Å²) in [6.45, 7) is 2.02. The number of aromatic nitrogens is 2. The second-order valence-electron chi connectivity index (χ2n) is 3.37. The van der Waals surface area contributed by atoms with Crippen molar-refractivity contribution < 1.29 is 0 Å². The minimum Gasteiger partial charge on any atom is -0.384 e. The minimum atomic E-state index is 0.446. The van der Waals surface area contributed by atoms with E-state index in [2.05, 4.69) is 31.2 Å². The second kappa shape index (κ2) is 4.49. The molecule has 3 N–H and O–H groups in total. The first-order valence-corrected chi connectivity index (χ1v) is 5.57. The van der Waals surface area contributed by atoms with Crippen LogP contribution in [0.5, 0.6) is 0 Å². The third-order valence-corrected chi connectivity index (χ3v) is 3.17. The lowest BCUT2D eigenvalue weighted by molar-refractivity contribution is 1.17. The fourth-order valence-corrected chi connectivity index (χ4v) is 1.66. The number of nitrogen functional groups attached to an aromatic ring is 1. The fraction of sp³-hybridized carbons (Fsp3) is 0.0909. The number of nitrogens with one attached hydrogen (secondary N) is 1. The molecular weight excluding hydrogens is 268 g/mol. The van der Waals surface area contributed by atoms with Crippen LogP contribution < -0.4 is 11.1 Å². The number of benzene rings is 1. The van der Waals surface area contributed by atoms with Gasteiger partial charge in [0.25, 0.3) is 0 Å². The quantitative estimate of drug-likeness (QED) is 0.887. The average molecular weight is 279 g/mol. The first kappa shape index (κ1) is 10.9. The number of nitrogens with zero attached hydrogens (tertiary/aromatic N) is 2. The van der Waals surface area contributed by atoms with E-state index in [4.69, 9.17) is 5.73 Å². The van der Waals surface area contributed by atoms with Crippen molar-refractivity contribution in [3.8, 4) is 0 Å². The highest BCUT2D eigenvalue weighted by Crippen LogP contribution is 2.27. The normalized spacial score (nSPS) is 10.1. The van der Waals surface area contributed by atoms with E-state index in [0.717, 1.165) is 15.7 Å². The Balaban J connectivity index is 2.31. The number of halogens is 1. The van der Waals surface area contributed by atoms with E-state index < -0.39 is 0 Å². The zero-order valence-corrected chi connectivity index (χ0v) is 10.3. The SMILES string of the molecule is Cc1cccc(Nc2nccc(N)n2)c1Br. The molecule has 0 amide bonds. The Morgan fingerprint density at radius 1 is 1.31 bits per heavy atom. The molecule has 4 nitrogen and oxygen atoms in total. The van der Waals surface area contributed by atoms with Crippen LogP contribution >= 0.6 is 15.9 Å². The highest BCUT2D eigenvalue weighted by atomic mass is 79.9. The van der Waals surface area contributed by atoms with Gasteiger partial charge in [0.2, 0.25) is 5.95 Å². The Hall–Kier alpha value is -1.62. The van der Waals surface area contributed by atoms with Crippen LogP contribution in [0.3, 0.4) is 0 Å². The zero-order valence-electron chi connectivity index (χ0n) is 8.74. The van der Waals surface area contributed by atoms with E-state index >= 15 is 0 Å². The predicted molar refractivity (Wildman–Crippen MR) is 68.6 cm³/mol. The van der Waals surface area contributed by atoms with Crippen LogP contribution in [-0.4, -0.2) is 9.97 Å². The largest absolute Gasteiger partial charge is 0.384 e. The summed E-state index contributed by atoms with van der Waals surface area (Å²) in [6, 6.07) is 7.59. The first-order valence-electron chi connectivity index (χ1n) is 4.77. The maximum absolute atomic E-state index is 5.58. The number of anilines is 3. The van der Waals surface area contributed by atoms with Crippen LogP contribution in [-0.2, 0) is 0 Å². The monoisotopic (exact) mass is 278 g/mol. The number of nitrogens with two attached hydrogens (primary N) is 1. The number of hydrogen-bond donors (Lipinski definition) is 2. The van der Waals surface area contributed by atoms with Crippen molar-refractivity contribution in [2.24, 2.45) is 0 Å². The van der Waals surface area contributed by atoms with E-state index in [0.29, 0.717) is 11.8 Å². The molecule has 1 aromatic carbocycles. The van der Waals surface area contributed by atoms with Gasteiger partial charge < -0.3 is 11.1 Å². The fourth-order valence-electron chi connectivity index (χ4n) is 1.30. The van der Waals surface area contributed by atoms with Crippen molar-refractivity contribution in [2.45, 2.75) is 6.92 Å². The molecule has 0 unspecified atom stereocenters. The number of rotatable bonds is 2. The molecule has 16 heavy (non-hydrogen) atoms. The van der Waals surface area contributed by atoms with Crippen LogP contribution in [0.25, 0.3) is 0 Å². The van der Waals surface area contributed by atoms with Gasteiger partial charge in [0.05, 0.1) is 5.69 Å². The third-order valence-electron chi connectivity index (χ3n) is 2.12. The van der Waals surface area contributed by atoms with E-state index in [1.165, 1.54) is 0 Å². The summed E-state index contributed by atoms with van der Waals surface area (Å²) in [5.41, 5.74) is 7.65. The smallest absolute Gasteiger partial charge is 0.229 e. The molecule has 1 aromatic heterocycles. The summed E-state index contributed by atoms with van der Waals surface area (Å²) < 4.78 is 1.00. The van der Waals surface area contributed by atoms with Crippen LogP contribution in [0.15, 0.2) is 34.9 Å². The van der Waals surface area contributed by atoms with E-state index in [1.807, 2.05) is 25.1 Å². The lowest BCUT2D eigenvalue weighted by Crippen LogP contribution is -2.00. The molecule has 0 atom stereocenters. The number of aryl methyl sites for hydroxylation is 1. The molecule has 0 radical (unpaired) electrons. The summed E-state index contributed by atoms with van der Waals surface area (Å²) in [7, 11) is 0. The average Bonchev–Trinajstić information content (AvgIpc) is 2.25. The zero-order chi connectivity index (χ0) is 11.5. The molecule has 1 heterocycles. The Morgan fingerprint density at radius 2 is 2.12 bits per heavy atom. The molecule has 0 bridgehead atoms. The van der Waals surface area contributed by atoms with E-state index in [-0.39, 0.29) is 0 Å². The van der Waals surface area contributed by atoms with Crippen LogP contribution in [0.1, 0.15) is 5.56 Å². The predicted octanol–water partition coefficient (Wildman–Crippen LogP) is 2.87. The van der Waals surface area contributed by atoms with Gasteiger partial charge in [-0.2, -0.15) is 4.98 Å². The van der Waals surface area contributed by atoms with Crippen LogP contribution in [0.4, 0.5) is 17.5 Å². The molecule has 0 saturated carbocycles. The Kier molecular flexibility index (Phi) is 3.05. The molecule has 0 fully saturated rings. The van der Waals surface area contributed by atoms with E-state index in [9.17, 15) is 0 Å². The van der Waals surface area contributed by atoms with Gasteiger partial charge in [0.1, 0.15) is 5.82 Å². The standard InChI is InChI=1S/C11H11BrN4/c1-7-3-2-4-8(10(7)12)15-11-14-6-5-9(13)16-11/h2-6H,1H3,(H3,13,14,15,16). The highest BCUT2D eigenvalue weighted by molar-refractivity contribution is 9.10. The molecule has 0 spiro atoms. The van der Waals surface area contributed by atoms with Gasteiger partial charge in [-0.1, -0.05) is 12.1 Å². The summed E-state index contributed by atoms with van der Waals surface area (Å²) in [5, 5.41) is 3.10. The van der Waals surface area contributed by atoms with Gasteiger partial charge in [-0.15, -0.1) is 0 Å². The van der Waals surface area contributed by atoms with Crippen molar-refractivity contribution in [3.05, 3.63) is 40.5 Å². The van der Waals surface area contributed by atoms with Crippen LogP contribution in [0.2, 0.25) is 0 Å². The van der Waals surface area contributed by atoms with Crippen molar-refractivity contribution in [2.75, 3.05) is 11.1 Å². The summed E-state index contributed by atoms with van der Waals surface area (Å²) >= 11 is 3.51.